The first-order chi connectivity index (χ1) is 16.7. The summed E-state index contributed by atoms with van der Waals surface area (Å²) in [6, 6.07) is 7.86. The molecule has 2 heterocycles. The van der Waals surface area contributed by atoms with Gasteiger partial charge in [0.05, 0.1) is 5.56 Å². The fraction of sp³-hybridized carbons (Fsp3) is 0.400. The molecule has 196 valence electrons. The molecule has 0 atom stereocenters. The number of ether oxygens (including phenoxy) is 1. The number of para-hydroxylation sites is 1. The monoisotopic (exact) mass is 561 g/mol. The number of nitrogens with zero attached hydrogens (tertiary/aromatic N) is 4. The van der Waals surface area contributed by atoms with Gasteiger partial charge in [0.1, 0.15) is 5.60 Å². The molecular weight excluding hydrogens is 538 g/mol. The van der Waals surface area contributed by atoms with Crippen LogP contribution in [0.25, 0.3) is 0 Å². The lowest BCUT2D eigenvalue weighted by Crippen LogP contribution is -2.52. The van der Waals surface area contributed by atoms with E-state index >= 15 is 0 Å². The molecule has 16 heteroatoms. The van der Waals surface area contributed by atoms with Gasteiger partial charge in [-0.3, -0.25) is 4.79 Å². The molecule has 0 unspecified atom stereocenters. The minimum absolute atomic E-state index is 0.0264. The number of rotatable bonds is 6. The Kier molecular flexibility index (Phi) is 8.07. The highest BCUT2D eigenvalue weighted by molar-refractivity contribution is 8.13. The molecule has 3 rings (SSSR count). The summed E-state index contributed by atoms with van der Waals surface area (Å²) >= 11 is 0. The largest absolute Gasteiger partial charge is 0.444 e. The number of piperazine rings is 1. The standard InChI is InChI=1S/C20H24ClN5O8S2/c1-20(2,3)33-19(28)25-10-12-26(13-11-25)36(31,32)34-15-7-5-4-6-14(15)18(27)22-16-8-9-17(24-23-16)35(21,29)30/h4-9H,10-13H2,1-3H3,(H,22,23,27). The number of hydrogen-bond donors (Lipinski definition) is 1. The average Bonchev–Trinajstić information content (AvgIpc) is 2.78. The van der Waals surface area contributed by atoms with Gasteiger partial charge in [0.2, 0.25) is 0 Å². The normalized spacial score (nSPS) is 15.3. The van der Waals surface area contributed by atoms with E-state index in [1.807, 2.05) is 0 Å². The van der Waals surface area contributed by atoms with Gasteiger partial charge in [-0.25, -0.2) is 13.2 Å². The third kappa shape index (κ3) is 7.25. The predicted octanol–water partition coefficient (Wildman–Crippen LogP) is 1.83. The summed E-state index contributed by atoms with van der Waals surface area (Å²) in [7, 11) is -3.21. The van der Waals surface area contributed by atoms with Gasteiger partial charge >= 0.3 is 16.4 Å². The summed E-state index contributed by atoms with van der Waals surface area (Å²) in [5.41, 5.74) is -0.798. The van der Waals surface area contributed by atoms with E-state index in [1.165, 1.54) is 35.2 Å². The number of anilines is 1. The Bertz CT molecular complexity index is 1340. The van der Waals surface area contributed by atoms with Gasteiger partial charge in [0, 0.05) is 36.9 Å². The smallest absolute Gasteiger partial charge is 0.410 e. The molecule has 0 radical (unpaired) electrons. The lowest BCUT2D eigenvalue weighted by molar-refractivity contribution is 0.0189. The van der Waals surface area contributed by atoms with Crippen molar-refractivity contribution in [2.75, 3.05) is 31.5 Å². The second-order valence-electron chi connectivity index (χ2n) is 8.55. The van der Waals surface area contributed by atoms with E-state index in [4.69, 9.17) is 19.6 Å². The number of halogens is 1. The maximum atomic E-state index is 12.9. The molecular formula is C20H24ClN5O8S2. The maximum Gasteiger partial charge on any atom is 0.410 e. The summed E-state index contributed by atoms with van der Waals surface area (Å²) in [5.74, 6) is -1.11. The van der Waals surface area contributed by atoms with Crippen LogP contribution < -0.4 is 9.50 Å². The summed E-state index contributed by atoms with van der Waals surface area (Å²) in [5, 5.41) is 8.88. The van der Waals surface area contributed by atoms with Crippen molar-refractivity contribution < 1.29 is 35.3 Å². The van der Waals surface area contributed by atoms with E-state index < -0.39 is 42.0 Å². The lowest BCUT2D eigenvalue weighted by atomic mass is 10.2. The van der Waals surface area contributed by atoms with Crippen LogP contribution in [-0.4, -0.2) is 80.0 Å². The second-order valence-corrected chi connectivity index (χ2v) is 12.6. The Morgan fingerprint density at radius 1 is 0.972 bits per heavy atom. The minimum Gasteiger partial charge on any atom is -0.444 e. The molecule has 36 heavy (non-hydrogen) atoms. The van der Waals surface area contributed by atoms with Crippen molar-refractivity contribution in [3.05, 3.63) is 42.0 Å². The van der Waals surface area contributed by atoms with Gasteiger partial charge in [-0.2, -0.15) is 12.7 Å². The van der Waals surface area contributed by atoms with Gasteiger partial charge < -0.3 is 19.1 Å². The number of carbonyl (C=O) groups is 2. The van der Waals surface area contributed by atoms with Crippen molar-refractivity contribution in [2.45, 2.75) is 31.4 Å². The highest BCUT2D eigenvalue weighted by Crippen LogP contribution is 2.23. The summed E-state index contributed by atoms with van der Waals surface area (Å²) in [6.07, 6.45) is -0.540. The van der Waals surface area contributed by atoms with E-state index in [9.17, 15) is 26.4 Å². The highest BCUT2D eigenvalue weighted by atomic mass is 35.7. The van der Waals surface area contributed by atoms with Crippen molar-refractivity contribution >= 4 is 47.9 Å². The summed E-state index contributed by atoms with van der Waals surface area (Å²) in [4.78, 5) is 26.4. The molecule has 1 aliphatic rings. The van der Waals surface area contributed by atoms with Crippen LogP contribution >= 0.6 is 10.7 Å². The quantitative estimate of drug-likeness (QED) is 0.514. The predicted molar refractivity (Wildman–Crippen MR) is 128 cm³/mol. The van der Waals surface area contributed by atoms with Gasteiger partial charge in [-0.05, 0) is 45.0 Å². The van der Waals surface area contributed by atoms with Crippen molar-refractivity contribution in [3.63, 3.8) is 0 Å². The van der Waals surface area contributed by atoms with E-state index in [1.54, 1.807) is 20.8 Å². The molecule has 2 aromatic rings. The van der Waals surface area contributed by atoms with Crippen LogP contribution in [0.15, 0.2) is 41.4 Å². The number of amides is 2. The SMILES string of the molecule is CC(C)(C)OC(=O)N1CCN(S(=O)(=O)Oc2ccccc2C(=O)Nc2ccc(S(=O)(=O)Cl)nn2)CC1. The fourth-order valence-electron chi connectivity index (χ4n) is 3.01. The first kappa shape index (κ1) is 27.6. The highest BCUT2D eigenvalue weighted by Gasteiger charge is 2.33. The topological polar surface area (TPSA) is 165 Å². The van der Waals surface area contributed by atoms with Crippen LogP contribution in [-0.2, 0) is 24.1 Å². The molecule has 1 fully saturated rings. The third-order valence-electron chi connectivity index (χ3n) is 4.66. The van der Waals surface area contributed by atoms with Gasteiger partial charge in [-0.1, -0.05) is 12.1 Å². The van der Waals surface area contributed by atoms with Crippen molar-refractivity contribution in [3.8, 4) is 5.75 Å². The van der Waals surface area contributed by atoms with Crippen molar-refractivity contribution in [1.29, 1.82) is 0 Å². The molecule has 0 saturated carbocycles. The van der Waals surface area contributed by atoms with E-state index in [0.29, 0.717) is 0 Å². The van der Waals surface area contributed by atoms with Gasteiger partial charge in [0.25, 0.3) is 15.0 Å². The molecule has 0 aliphatic carbocycles. The second kappa shape index (κ2) is 10.5. The Morgan fingerprint density at radius 2 is 1.61 bits per heavy atom. The number of benzene rings is 1. The number of nitrogens with one attached hydrogen (secondary N) is 1. The summed E-state index contributed by atoms with van der Waals surface area (Å²) in [6.45, 7) is 5.36. The zero-order chi connectivity index (χ0) is 26.7. The Hall–Kier alpha value is -3.01. The van der Waals surface area contributed by atoms with E-state index in [-0.39, 0.29) is 43.3 Å². The molecule has 1 aromatic heterocycles. The van der Waals surface area contributed by atoms with Crippen LogP contribution in [0.4, 0.5) is 10.6 Å². The first-order valence-corrected chi connectivity index (χ1v) is 14.2. The van der Waals surface area contributed by atoms with Gasteiger partial charge in [-0.15, -0.1) is 10.2 Å². The third-order valence-corrected chi connectivity index (χ3v) is 7.24. The summed E-state index contributed by atoms with van der Waals surface area (Å²) < 4.78 is 59.9. The van der Waals surface area contributed by atoms with E-state index in [2.05, 4.69) is 15.5 Å². The lowest BCUT2D eigenvalue weighted by Gasteiger charge is -2.34. The van der Waals surface area contributed by atoms with Crippen LogP contribution in [0.5, 0.6) is 5.75 Å². The zero-order valence-corrected chi connectivity index (χ0v) is 21.9. The first-order valence-electron chi connectivity index (χ1n) is 10.5. The van der Waals surface area contributed by atoms with Crippen LogP contribution in [0.1, 0.15) is 31.1 Å². The molecule has 1 aromatic carbocycles. The number of hydrogen-bond acceptors (Lipinski definition) is 10. The molecule has 2 amide bonds. The van der Waals surface area contributed by atoms with Crippen molar-refractivity contribution in [2.24, 2.45) is 0 Å². The van der Waals surface area contributed by atoms with Crippen LogP contribution in [0.3, 0.4) is 0 Å². The molecule has 0 spiro atoms. The maximum absolute atomic E-state index is 12.9. The Balaban J connectivity index is 1.68. The zero-order valence-electron chi connectivity index (χ0n) is 19.5. The van der Waals surface area contributed by atoms with Crippen molar-refractivity contribution in [1.82, 2.24) is 19.4 Å². The fourth-order valence-corrected chi connectivity index (χ4v) is 4.72. The molecule has 1 aliphatic heterocycles. The van der Waals surface area contributed by atoms with Gasteiger partial charge in [0.15, 0.2) is 16.6 Å². The molecule has 1 N–H and O–H groups in total. The minimum atomic E-state index is -4.31. The molecule has 0 bridgehead atoms. The average molecular weight is 562 g/mol. The Labute approximate surface area is 213 Å². The Morgan fingerprint density at radius 3 is 2.17 bits per heavy atom. The molecule has 1 saturated heterocycles. The number of carbonyl (C=O) groups excluding carboxylic acids is 2. The number of aromatic nitrogens is 2. The van der Waals surface area contributed by atoms with Crippen LogP contribution in [0.2, 0.25) is 0 Å². The van der Waals surface area contributed by atoms with Crippen LogP contribution in [0, 0.1) is 0 Å². The molecule has 13 nitrogen and oxygen atoms in total. The van der Waals surface area contributed by atoms with E-state index in [0.717, 1.165) is 10.4 Å².